The Labute approximate surface area is 197 Å². The van der Waals surface area contributed by atoms with Crippen molar-refractivity contribution in [2.24, 2.45) is 0 Å². The molecule has 9 heteroatoms. The summed E-state index contributed by atoms with van der Waals surface area (Å²) in [6, 6.07) is 5.90. The molecule has 1 atom stereocenters. The average molecular weight is 474 g/mol. The molecule has 0 saturated carbocycles. The van der Waals surface area contributed by atoms with E-state index in [0.717, 1.165) is 4.90 Å². The first-order valence-electron chi connectivity index (χ1n) is 10.8. The number of nitrogens with zero attached hydrogens (tertiary/aromatic N) is 1. The summed E-state index contributed by atoms with van der Waals surface area (Å²) in [5.41, 5.74) is 1.66. The number of ketones is 1. The summed E-state index contributed by atoms with van der Waals surface area (Å²) in [5, 5.41) is 14.2. The highest BCUT2D eigenvalue weighted by atomic mass is 35.5. The van der Waals surface area contributed by atoms with E-state index in [4.69, 9.17) is 16.3 Å². The van der Waals surface area contributed by atoms with Crippen LogP contribution in [0.25, 0.3) is 5.76 Å². The molecule has 1 aliphatic heterocycles. The SMILES string of the molecule is CCOC(=O)c1[nH]c(C)c(/C([O-])=C2\C(=O)C(=O)N(CC[NH+](C)C)C2c2ccc(Cl)cc2)c1C. The summed E-state index contributed by atoms with van der Waals surface area (Å²) in [6.07, 6.45) is 0. The molecule has 1 fully saturated rings. The van der Waals surface area contributed by atoms with E-state index in [0.29, 0.717) is 34.9 Å². The van der Waals surface area contributed by atoms with Gasteiger partial charge in [0.15, 0.2) is 0 Å². The third-order valence-electron chi connectivity index (χ3n) is 5.71. The minimum Gasteiger partial charge on any atom is -0.872 e. The van der Waals surface area contributed by atoms with Crippen molar-refractivity contribution in [3.8, 4) is 0 Å². The van der Waals surface area contributed by atoms with Gasteiger partial charge in [0.05, 0.1) is 39.8 Å². The molecule has 1 aliphatic rings. The molecular formula is C24H28ClN3O5. The summed E-state index contributed by atoms with van der Waals surface area (Å²) < 4.78 is 5.06. The number of likely N-dealkylation sites (tertiary alicyclic amines) is 1. The van der Waals surface area contributed by atoms with Crippen LogP contribution >= 0.6 is 11.6 Å². The average Bonchev–Trinajstić information content (AvgIpc) is 3.19. The van der Waals surface area contributed by atoms with E-state index in [1.165, 1.54) is 4.90 Å². The van der Waals surface area contributed by atoms with Gasteiger partial charge in [-0.25, -0.2) is 4.79 Å². The zero-order valence-electron chi connectivity index (χ0n) is 19.4. The second kappa shape index (κ2) is 9.80. The Bertz CT molecular complexity index is 1120. The maximum absolute atomic E-state index is 13.7. The van der Waals surface area contributed by atoms with E-state index in [9.17, 15) is 19.5 Å². The lowest BCUT2D eigenvalue weighted by Crippen LogP contribution is -3.06. The van der Waals surface area contributed by atoms with E-state index in [-0.39, 0.29) is 23.4 Å². The molecule has 0 aliphatic carbocycles. The number of aryl methyl sites for hydroxylation is 1. The lowest BCUT2D eigenvalue weighted by atomic mass is 9.94. The van der Waals surface area contributed by atoms with Crippen molar-refractivity contribution in [2.45, 2.75) is 26.8 Å². The predicted octanol–water partition coefficient (Wildman–Crippen LogP) is 0.830. The molecule has 2 aromatic rings. The number of benzene rings is 1. The highest BCUT2D eigenvalue weighted by Crippen LogP contribution is 2.40. The summed E-state index contributed by atoms with van der Waals surface area (Å²) >= 11 is 6.04. The molecule has 1 unspecified atom stereocenters. The number of carbonyl (C=O) groups is 3. The van der Waals surface area contributed by atoms with Crippen LogP contribution in [0.1, 0.15) is 45.8 Å². The van der Waals surface area contributed by atoms with Gasteiger partial charge in [0.2, 0.25) is 5.78 Å². The van der Waals surface area contributed by atoms with Crippen LogP contribution in [-0.2, 0) is 14.3 Å². The number of carbonyl (C=O) groups excluding carboxylic acids is 3. The number of hydrogen-bond donors (Lipinski definition) is 2. The second-order valence-corrected chi connectivity index (χ2v) is 8.76. The van der Waals surface area contributed by atoms with Crippen molar-refractivity contribution in [3.05, 3.63) is 62.9 Å². The lowest BCUT2D eigenvalue weighted by molar-refractivity contribution is -0.857. The number of esters is 1. The Kier molecular flexibility index (Phi) is 7.29. The molecule has 2 N–H and O–H groups in total. The fourth-order valence-electron chi connectivity index (χ4n) is 4.07. The lowest BCUT2D eigenvalue weighted by Gasteiger charge is -2.28. The number of hydrogen-bond acceptors (Lipinski definition) is 5. The number of likely N-dealkylation sites (N-methyl/N-ethyl adjacent to an activating group) is 1. The van der Waals surface area contributed by atoms with Crippen LogP contribution in [0, 0.1) is 13.8 Å². The van der Waals surface area contributed by atoms with E-state index >= 15 is 0 Å². The van der Waals surface area contributed by atoms with E-state index in [1.807, 2.05) is 14.1 Å². The molecule has 1 aromatic heterocycles. The standard InChI is InChI=1S/C24H28ClN3O5/c1-6-33-24(32)19-13(2)17(14(3)26-19)21(29)18-20(15-7-9-16(25)10-8-15)28(12-11-27(4)5)23(31)22(18)30/h7-10,20,26,29H,6,11-12H2,1-5H3/b21-18+. The summed E-state index contributed by atoms with van der Waals surface area (Å²) in [6.45, 7) is 6.04. The molecule has 8 nitrogen and oxygen atoms in total. The molecule has 2 heterocycles. The number of rotatable bonds is 7. The highest BCUT2D eigenvalue weighted by molar-refractivity contribution is 6.46. The van der Waals surface area contributed by atoms with E-state index in [2.05, 4.69) is 4.98 Å². The zero-order chi connectivity index (χ0) is 24.4. The van der Waals surface area contributed by atoms with Gasteiger partial charge in [0.1, 0.15) is 5.69 Å². The van der Waals surface area contributed by atoms with Crippen molar-refractivity contribution in [1.82, 2.24) is 9.88 Å². The van der Waals surface area contributed by atoms with Crippen LogP contribution in [-0.4, -0.2) is 61.3 Å². The number of aromatic nitrogens is 1. The first kappa shape index (κ1) is 24.5. The van der Waals surface area contributed by atoms with Gasteiger partial charge in [0, 0.05) is 16.3 Å². The molecular weight excluding hydrogens is 446 g/mol. The number of aromatic amines is 1. The van der Waals surface area contributed by atoms with Crippen molar-refractivity contribution in [2.75, 3.05) is 33.8 Å². The Morgan fingerprint density at radius 2 is 1.85 bits per heavy atom. The maximum atomic E-state index is 13.7. The molecule has 1 saturated heterocycles. The molecule has 1 aromatic carbocycles. The number of amides is 1. The molecule has 0 bridgehead atoms. The Morgan fingerprint density at radius 3 is 2.42 bits per heavy atom. The number of Topliss-reactive ketones (excluding diaryl/α,β-unsaturated/α-hetero) is 1. The van der Waals surface area contributed by atoms with E-state index in [1.54, 1.807) is 45.0 Å². The van der Waals surface area contributed by atoms with Crippen molar-refractivity contribution in [1.29, 1.82) is 0 Å². The van der Waals surface area contributed by atoms with Gasteiger partial charge >= 0.3 is 5.97 Å². The van der Waals surface area contributed by atoms with Crippen LogP contribution in [0.15, 0.2) is 29.8 Å². The van der Waals surface area contributed by atoms with Crippen molar-refractivity contribution >= 4 is 35.0 Å². The van der Waals surface area contributed by atoms with Gasteiger partial charge < -0.3 is 24.6 Å². The first-order chi connectivity index (χ1) is 15.6. The monoisotopic (exact) mass is 473 g/mol. The number of H-pyrrole nitrogens is 1. The number of quaternary nitrogens is 1. The molecule has 0 radical (unpaired) electrons. The Balaban J connectivity index is 2.19. The largest absolute Gasteiger partial charge is 0.872 e. The number of nitrogens with one attached hydrogen (secondary N) is 2. The Hall–Kier alpha value is -3.10. The summed E-state index contributed by atoms with van der Waals surface area (Å²) in [4.78, 5) is 43.8. The molecule has 176 valence electrons. The fourth-order valence-corrected chi connectivity index (χ4v) is 4.20. The van der Waals surface area contributed by atoms with Gasteiger partial charge in [-0.1, -0.05) is 29.5 Å². The van der Waals surface area contributed by atoms with Gasteiger partial charge in [0.25, 0.3) is 5.91 Å². The second-order valence-electron chi connectivity index (χ2n) is 8.33. The quantitative estimate of drug-likeness (QED) is 0.268. The number of halogens is 1. The Morgan fingerprint density at radius 1 is 1.21 bits per heavy atom. The van der Waals surface area contributed by atoms with E-state index < -0.39 is 29.5 Å². The fraction of sp³-hybridized carbons (Fsp3) is 0.375. The predicted molar refractivity (Wildman–Crippen MR) is 122 cm³/mol. The zero-order valence-corrected chi connectivity index (χ0v) is 20.1. The smallest absolute Gasteiger partial charge is 0.355 e. The highest BCUT2D eigenvalue weighted by Gasteiger charge is 2.44. The molecule has 1 amide bonds. The van der Waals surface area contributed by atoms with Crippen LogP contribution in [0.2, 0.25) is 5.02 Å². The van der Waals surface area contributed by atoms with Crippen LogP contribution < -0.4 is 10.0 Å². The molecule has 0 spiro atoms. The molecule has 3 rings (SSSR count). The van der Waals surface area contributed by atoms with Crippen molar-refractivity contribution < 1.29 is 29.1 Å². The van der Waals surface area contributed by atoms with Crippen LogP contribution in [0.3, 0.4) is 0 Å². The van der Waals surface area contributed by atoms with Crippen molar-refractivity contribution in [3.63, 3.8) is 0 Å². The van der Waals surface area contributed by atoms with Gasteiger partial charge in [-0.2, -0.15) is 0 Å². The summed E-state index contributed by atoms with van der Waals surface area (Å²) in [7, 11) is 3.89. The van der Waals surface area contributed by atoms with Crippen LogP contribution in [0.5, 0.6) is 0 Å². The van der Waals surface area contributed by atoms with Gasteiger partial charge in [-0.3, -0.25) is 9.59 Å². The van der Waals surface area contributed by atoms with Gasteiger partial charge in [-0.05, 0) is 49.6 Å². The third kappa shape index (κ3) is 4.67. The first-order valence-corrected chi connectivity index (χ1v) is 11.1. The normalized spacial score (nSPS) is 17.8. The maximum Gasteiger partial charge on any atom is 0.355 e. The van der Waals surface area contributed by atoms with Crippen LogP contribution in [0.4, 0.5) is 0 Å². The van der Waals surface area contributed by atoms with Gasteiger partial charge in [-0.15, -0.1) is 0 Å². The minimum atomic E-state index is -0.839. The molecule has 33 heavy (non-hydrogen) atoms. The number of ether oxygens (including phenoxy) is 1. The topological polar surface area (TPSA) is 107 Å². The third-order valence-corrected chi connectivity index (χ3v) is 5.96. The summed E-state index contributed by atoms with van der Waals surface area (Å²) in [5.74, 6) is -2.70. The minimum absolute atomic E-state index is 0.128.